The van der Waals surface area contributed by atoms with Crippen LogP contribution in [-0.4, -0.2) is 53.1 Å². The second kappa shape index (κ2) is 10.1. The predicted octanol–water partition coefficient (Wildman–Crippen LogP) is 3.97. The van der Waals surface area contributed by atoms with Crippen LogP contribution in [0.15, 0.2) is 52.9 Å². The van der Waals surface area contributed by atoms with E-state index in [1.165, 1.54) is 0 Å². The van der Waals surface area contributed by atoms with Gasteiger partial charge in [-0.3, -0.25) is 0 Å². The molecule has 1 aliphatic heterocycles. The summed E-state index contributed by atoms with van der Waals surface area (Å²) in [5, 5.41) is 10.4. The van der Waals surface area contributed by atoms with Crippen molar-refractivity contribution < 1.29 is 19.1 Å². The first-order valence-corrected chi connectivity index (χ1v) is 11.0. The molecule has 0 saturated carbocycles. The number of aliphatic hydroxyl groups excluding tert-OH is 1. The van der Waals surface area contributed by atoms with E-state index in [-0.39, 0.29) is 12.4 Å². The number of likely N-dealkylation sites (tertiary alicyclic amines) is 1. The number of rotatable bonds is 9. The molecule has 1 atom stereocenters. The van der Waals surface area contributed by atoms with Crippen LogP contribution in [0, 0.1) is 0 Å². The molecule has 1 N–H and O–H groups in total. The highest BCUT2D eigenvalue weighted by atomic mass is 16.5. The number of piperidine rings is 1. The lowest BCUT2D eigenvalue weighted by Crippen LogP contribution is -2.40. The summed E-state index contributed by atoms with van der Waals surface area (Å²) < 4.78 is 11.7. The van der Waals surface area contributed by atoms with Crippen LogP contribution in [0.2, 0.25) is 0 Å². The van der Waals surface area contributed by atoms with Crippen molar-refractivity contribution in [1.29, 1.82) is 0 Å². The third-order valence-electron chi connectivity index (χ3n) is 5.85. The molecule has 0 bridgehead atoms. The number of para-hydroxylation sites is 2. The SMILES string of the molecule is CC(=O)CCc1ccc(OCC(O)CN2CCC(c3nc4ccccc4o3)CC2)cc1. The zero-order valence-electron chi connectivity index (χ0n) is 18.0. The minimum absolute atomic E-state index is 0.196. The molecule has 31 heavy (non-hydrogen) atoms. The normalized spacial score (nSPS) is 16.5. The summed E-state index contributed by atoms with van der Waals surface area (Å²) >= 11 is 0. The Labute approximate surface area is 182 Å². The first-order chi connectivity index (χ1) is 15.1. The van der Waals surface area contributed by atoms with Crippen molar-refractivity contribution in [2.45, 2.75) is 44.6 Å². The third-order valence-corrected chi connectivity index (χ3v) is 5.85. The second-order valence-electron chi connectivity index (χ2n) is 8.41. The van der Waals surface area contributed by atoms with E-state index in [0.717, 1.165) is 60.7 Å². The zero-order valence-corrected chi connectivity index (χ0v) is 18.0. The fraction of sp³-hybridized carbons (Fsp3) is 0.440. The van der Waals surface area contributed by atoms with E-state index in [4.69, 9.17) is 9.15 Å². The number of aliphatic hydroxyl groups is 1. The highest BCUT2D eigenvalue weighted by Gasteiger charge is 2.25. The van der Waals surface area contributed by atoms with Crippen LogP contribution in [0.4, 0.5) is 0 Å². The standard InChI is InChI=1S/C25H30N2O4/c1-18(28)6-7-19-8-10-22(11-9-19)30-17-21(29)16-27-14-12-20(13-15-27)25-26-23-4-2-3-5-24(23)31-25/h2-5,8-11,20-21,29H,6-7,12-17H2,1H3. The van der Waals surface area contributed by atoms with Gasteiger partial charge in [0.15, 0.2) is 11.5 Å². The third kappa shape index (κ3) is 5.93. The summed E-state index contributed by atoms with van der Waals surface area (Å²) in [6, 6.07) is 15.6. The average Bonchev–Trinajstić information content (AvgIpc) is 3.22. The minimum atomic E-state index is -0.543. The maximum absolute atomic E-state index is 11.1. The van der Waals surface area contributed by atoms with Crippen molar-refractivity contribution >= 4 is 16.9 Å². The van der Waals surface area contributed by atoms with Gasteiger partial charge in [0.2, 0.25) is 0 Å². The van der Waals surface area contributed by atoms with E-state index in [0.29, 0.717) is 18.9 Å². The molecular weight excluding hydrogens is 392 g/mol. The first kappa shape index (κ1) is 21.5. The van der Waals surface area contributed by atoms with Crippen LogP contribution >= 0.6 is 0 Å². The summed E-state index contributed by atoms with van der Waals surface area (Å²) in [5.74, 6) is 2.09. The molecule has 1 saturated heterocycles. The summed E-state index contributed by atoms with van der Waals surface area (Å²) in [5.41, 5.74) is 2.88. The van der Waals surface area contributed by atoms with Crippen molar-refractivity contribution in [2.75, 3.05) is 26.2 Å². The number of hydrogen-bond acceptors (Lipinski definition) is 6. The van der Waals surface area contributed by atoms with E-state index in [1.807, 2.05) is 48.5 Å². The van der Waals surface area contributed by atoms with Gasteiger partial charge in [0.1, 0.15) is 29.8 Å². The number of hydrogen-bond donors (Lipinski definition) is 1. The maximum atomic E-state index is 11.1. The molecule has 0 amide bonds. The Morgan fingerprint density at radius 3 is 2.65 bits per heavy atom. The zero-order chi connectivity index (χ0) is 21.6. The molecule has 1 fully saturated rings. The topological polar surface area (TPSA) is 75.8 Å². The van der Waals surface area contributed by atoms with Crippen molar-refractivity contribution in [1.82, 2.24) is 9.88 Å². The van der Waals surface area contributed by atoms with Crippen molar-refractivity contribution in [3.63, 3.8) is 0 Å². The molecule has 1 aromatic heterocycles. The van der Waals surface area contributed by atoms with Gasteiger partial charge in [-0.2, -0.15) is 0 Å². The minimum Gasteiger partial charge on any atom is -0.491 e. The lowest BCUT2D eigenvalue weighted by molar-refractivity contribution is -0.116. The van der Waals surface area contributed by atoms with Gasteiger partial charge >= 0.3 is 0 Å². The van der Waals surface area contributed by atoms with Crippen molar-refractivity contribution in [2.24, 2.45) is 0 Å². The number of fused-ring (bicyclic) bond motifs is 1. The van der Waals surface area contributed by atoms with Gasteiger partial charge in [-0.25, -0.2) is 4.98 Å². The van der Waals surface area contributed by atoms with E-state index < -0.39 is 6.10 Å². The largest absolute Gasteiger partial charge is 0.491 e. The number of carbonyl (C=O) groups excluding carboxylic acids is 1. The van der Waals surface area contributed by atoms with E-state index in [1.54, 1.807) is 6.92 Å². The molecule has 6 heteroatoms. The maximum Gasteiger partial charge on any atom is 0.198 e. The molecule has 0 aliphatic carbocycles. The van der Waals surface area contributed by atoms with Gasteiger partial charge in [0, 0.05) is 18.9 Å². The number of ketones is 1. The summed E-state index contributed by atoms with van der Waals surface area (Å²) in [4.78, 5) is 18.0. The number of nitrogens with zero attached hydrogens (tertiary/aromatic N) is 2. The quantitative estimate of drug-likeness (QED) is 0.562. The van der Waals surface area contributed by atoms with Crippen molar-refractivity contribution in [3.05, 3.63) is 60.0 Å². The Balaban J connectivity index is 1.19. The summed E-state index contributed by atoms with van der Waals surface area (Å²) in [6.07, 6.45) is 2.71. The molecule has 3 aromatic rings. The molecule has 1 unspecified atom stereocenters. The van der Waals surface area contributed by atoms with Crippen LogP contribution in [0.25, 0.3) is 11.1 Å². The summed E-state index contributed by atoms with van der Waals surface area (Å²) in [7, 11) is 0. The number of carbonyl (C=O) groups is 1. The average molecular weight is 423 g/mol. The van der Waals surface area contributed by atoms with Gasteiger partial charge in [0.25, 0.3) is 0 Å². The molecule has 0 spiro atoms. The van der Waals surface area contributed by atoms with Crippen LogP contribution in [0.3, 0.4) is 0 Å². The van der Waals surface area contributed by atoms with Gasteiger partial charge < -0.3 is 24.0 Å². The van der Waals surface area contributed by atoms with Gasteiger partial charge in [-0.15, -0.1) is 0 Å². The smallest absolute Gasteiger partial charge is 0.198 e. The van der Waals surface area contributed by atoms with E-state index in [2.05, 4.69) is 9.88 Å². The molecule has 164 valence electrons. The predicted molar refractivity (Wildman–Crippen MR) is 119 cm³/mol. The number of aromatic nitrogens is 1. The highest BCUT2D eigenvalue weighted by Crippen LogP contribution is 2.29. The number of β-amino-alcohol motifs (C(OH)–C–C–N with tert-alkyl or cyclic N) is 1. The van der Waals surface area contributed by atoms with Crippen molar-refractivity contribution in [3.8, 4) is 5.75 Å². The van der Waals surface area contributed by atoms with Crippen LogP contribution in [0.1, 0.15) is 43.6 Å². The van der Waals surface area contributed by atoms with E-state index in [9.17, 15) is 9.90 Å². The van der Waals surface area contributed by atoms with Crippen LogP contribution < -0.4 is 4.74 Å². The Morgan fingerprint density at radius 1 is 1.19 bits per heavy atom. The monoisotopic (exact) mass is 422 g/mol. The highest BCUT2D eigenvalue weighted by molar-refractivity contribution is 5.75. The van der Waals surface area contributed by atoms with Crippen LogP contribution in [0.5, 0.6) is 5.75 Å². The second-order valence-corrected chi connectivity index (χ2v) is 8.41. The number of aryl methyl sites for hydroxylation is 1. The summed E-state index contributed by atoms with van der Waals surface area (Å²) in [6.45, 7) is 4.28. The molecule has 1 aliphatic rings. The van der Waals surface area contributed by atoms with Gasteiger partial charge in [-0.05, 0) is 69.1 Å². The van der Waals surface area contributed by atoms with Crippen LogP contribution in [-0.2, 0) is 11.2 Å². The molecule has 6 nitrogen and oxygen atoms in total. The van der Waals surface area contributed by atoms with Gasteiger partial charge in [-0.1, -0.05) is 24.3 Å². The van der Waals surface area contributed by atoms with Gasteiger partial charge in [0.05, 0.1) is 0 Å². The molecule has 2 aromatic carbocycles. The van der Waals surface area contributed by atoms with E-state index >= 15 is 0 Å². The fourth-order valence-electron chi connectivity index (χ4n) is 4.04. The lowest BCUT2D eigenvalue weighted by atomic mass is 9.96. The Bertz CT molecular complexity index is 957. The lowest BCUT2D eigenvalue weighted by Gasteiger charge is -2.31. The number of ether oxygens (including phenoxy) is 1. The Hall–Kier alpha value is -2.70. The number of oxazole rings is 1. The first-order valence-electron chi connectivity index (χ1n) is 11.0. The fourth-order valence-corrected chi connectivity index (χ4v) is 4.04. The number of benzene rings is 2. The Morgan fingerprint density at radius 2 is 1.94 bits per heavy atom. The Kier molecular flexibility index (Phi) is 6.99. The molecule has 0 radical (unpaired) electrons. The molecule has 2 heterocycles. The molecule has 4 rings (SSSR count). The molecular formula is C25H30N2O4. The number of Topliss-reactive ketones (excluding diaryl/α,β-unsaturated/α-hetero) is 1.